The highest BCUT2D eigenvalue weighted by Gasteiger charge is 2.16. The third-order valence-electron chi connectivity index (χ3n) is 3.95. The lowest BCUT2D eigenvalue weighted by Crippen LogP contribution is -2.35. The van der Waals surface area contributed by atoms with Gasteiger partial charge in [-0.05, 0) is 18.2 Å². The van der Waals surface area contributed by atoms with Gasteiger partial charge in [0.1, 0.15) is 11.5 Å². The average molecular weight is 440 g/mol. The van der Waals surface area contributed by atoms with Crippen LogP contribution in [0, 0.1) is 17.5 Å². The number of carbonyl (C=O) groups excluding carboxylic acids is 3. The highest BCUT2D eigenvalue weighted by molar-refractivity contribution is 5.95. The Morgan fingerprint density at radius 2 is 1.68 bits per heavy atom. The van der Waals surface area contributed by atoms with Crippen molar-refractivity contribution in [3.63, 3.8) is 0 Å². The molecule has 0 fully saturated rings. The van der Waals surface area contributed by atoms with Crippen molar-refractivity contribution in [2.24, 2.45) is 0 Å². The van der Waals surface area contributed by atoms with E-state index in [-0.39, 0.29) is 6.42 Å². The summed E-state index contributed by atoms with van der Waals surface area (Å²) in [6, 6.07) is 6.31. The van der Waals surface area contributed by atoms with E-state index in [2.05, 4.69) is 5.32 Å². The standard InChI is InChI=1S/C20H19F3N2O6/c1-29-12-4-3-11(15(8-12)30-2)7-18(28)31-10-17(27)24-9-16(26)25-14-6-5-13(21)19(22)20(14)23/h3-6,8H,7,9-10H2,1-2H3,(H,24,27)(H,25,26). The number of methoxy groups -OCH3 is 2. The van der Waals surface area contributed by atoms with Gasteiger partial charge in [0.25, 0.3) is 5.91 Å². The Balaban J connectivity index is 1.78. The molecular weight excluding hydrogens is 421 g/mol. The molecule has 166 valence electrons. The second kappa shape index (κ2) is 10.9. The zero-order chi connectivity index (χ0) is 23.0. The summed E-state index contributed by atoms with van der Waals surface area (Å²) in [5.41, 5.74) is -0.0698. The Labute approximate surface area is 175 Å². The number of carbonyl (C=O) groups is 3. The molecule has 0 aromatic heterocycles. The second-order valence-electron chi connectivity index (χ2n) is 6.06. The van der Waals surface area contributed by atoms with Gasteiger partial charge in [0, 0.05) is 11.6 Å². The van der Waals surface area contributed by atoms with E-state index >= 15 is 0 Å². The fourth-order valence-electron chi connectivity index (χ4n) is 2.40. The van der Waals surface area contributed by atoms with Gasteiger partial charge < -0.3 is 24.8 Å². The third-order valence-corrected chi connectivity index (χ3v) is 3.95. The molecule has 0 atom stereocenters. The van der Waals surface area contributed by atoms with Gasteiger partial charge in [-0.15, -0.1) is 0 Å². The highest BCUT2D eigenvalue weighted by atomic mass is 19.2. The predicted octanol–water partition coefficient (Wildman–Crippen LogP) is 1.96. The average Bonchev–Trinajstić information content (AvgIpc) is 2.76. The first kappa shape index (κ1) is 23.5. The minimum atomic E-state index is -1.73. The number of amides is 2. The first-order valence-corrected chi connectivity index (χ1v) is 8.81. The Morgan fingerprint density at radius 3 is 2.35 bits per heavy atom. The van der Waals surface area contributed by atoms with E-state index in [4.69, 9.17) is 14.2 Å². The maximum atomic E-state index is 13.5. The largest absolute Gasteiger partial charge is 0.497 e. The van der Waals surface area contributed by atoms with Gasteiger partial charge in [-0.25, -0.2) is 13.2 Å². The van der Waals surface area contributed by atoms with Crippen molar-refractivity contribution in [3.8, 4) is 11.5 Å². The van der Waals surface area contributed by atoms with Gasteiger partial charge in [0.2, 0.25) is 5.91 Å². The molecule has 2 aromatic rings. The third kappa shape index (κ3) is 6.63. The zero-order valence-electron chi connectivity index (χ0n) is 16.6. The summed E-state index contributed by atoms with van der Waals surface area (Å²) in [5, 5.41) is 4.13. The molecule has 0 aliphatic rings. The number of hydrogen-bond donors (Lipinski definition) is 2. The fraction of sp³-hybridized carbons (Fsp3) is 0.250. The zero-order valence-corrected chi connectivity index (χ0v) is 16.6. The number of esters is 1. The first-order chi connectivity index (χ1) is 14.7. The van der Waals surface area contributed by atoms with Crippen LogP contribution in [0.3, 0.4) is 0 Å². The topological polar surface area (TPSA) is 103 Å². The number of nitrogens with one attached hydrogen (secondary N) is 2. The van der Waals surface area contributed by atoms with Crippen LogP contribution in [-0.2, 0) is 25.5 Å². The minimum absolute atomic E-state index is 0.170. The molecule has 0 aliphatic heterocycles. The van der Waals surface area contributed by atoms with Crippen LogP contribution in [0.15, 0.2) is 30.3 Å². The van der Waals surface area contributed by atoms with E-state index in [0.29, 0.717) is 23.1 Å². The summed E-state index contributed by atoms with van der Waals surface area (Å²) in [7, 11) is 2.91. The number of benzene rings is 2. The Hall–Kier alpha value is -3.76. The van der Waals surface area contributed by atoms with Crippen molar-refractivity contribution in [1.29, 1.82) is 0 Å². The van der Waals surface area contributed by atoms with E-state index in [1.165, 1.54) is 14.2 Å². The number of hydrogen-bond acceptors (Lipinski definition) is 6. The van der Waals surface area contributed by atoms with Gasteiger partial charge in [-0.3, -0.25) is 14.4 Å². The number of halogens is 3. The van der Waals surface area contributed by atoms with Gasteiger partial charge in [0.15, 0.2) is 24.1 Å². The van der Waals surface area contributed by atoms with Gasteiger partial charge in [0.05, 0.1) is 32.9 Å². The smallest absolute Gasteiger partial charge is 0.310 e. The molecule has 2 N–H and O–H groups in total. The summed E-state index contributed by atoms with van der Waals surface area (Å²) < 4.78 is 54.6. The molecule has 0 radical (unpaired) electrons. The Kier molecular flexibility index (Phi) is 8.24. The van der Waals surface area contributed by atoms with Crippen molar-refractivity contribution in [3.05, 3.63) is 53.3 Å². The fourth-order valence-corrected chi connectivity index (χ4v) is 2.40. The van der Waals surface area contributed by atoms with E-state index in [1.54, 1.807) is 18.2 Å². The molecule has 0 saturated carbocycles. The van der Waals surface area contributed by atoms with Crippen LogP contribution in [0.5, 0.6) is 11.5 Å². The van der Waals surface area contributed by atoms with Gasteiger partial charge >= 0.3 is 5.97 Å². The summed E-state index contributed by atoms with van der Waals surface area (Å²) >= 11 is 0. The molecule has 2 rings (SSSR count). The number of anilines is 1. The van der Waals surface area contributed by atoms with Crippen LogP contribution in [0.1, 0.15) is 5.56 Å². The Morgan fingerprint density at radius 1 is 0.935 bits per heavy atom. The molecule has 0 bridgehead atoms. The molecular formula is C20H19F3N2O6. The highest BCUT2D eigenvalue weighted by Crippen LogP contribution is 2.25. The molecule has 2 amide bonds. The lowest BCUT2D eigenvalue weighted by molar-refractivity contribution is -0.147. The molecule has 0 aliphatic carbocycles. The summed E-state index contributed by atoms with van der Waals surface area (Å²) in [6.07, 6.45) is -0.170. The monoisotopic (exact) mass is 440 g/mol. The van der Waals surface area contributed by atoms with Crippen LogP contribution in [0.25, 0.3) is 0 Å². The van der Waals surface area contributed by atoms with E-state index < -0.39 is 54.1 Å². The van der Waals surface area contributed by atoms with Crippen LogP contribution in [-0.4, -0.2) is 45.2 Å². The number of rotatable bonds is 9. The van der Waals surface area contributed by atoms with Crippen molar-refractivity contribution < 1.29 is 41.8 Å². The minimum Gasteiger partial charge on any atom is -0.497 e. The molecule has 8 nitrogen and oxygen atoms in total. The van der Waals surface area contributed by atoms with Crippen molar-refractivity contribution in [2.45, 2.75) is 6.42 Å². The first-order valence-electron chi connectivity index (χ1n) is 8.81. The van der Waals surface area contributed by atoms with Crippen LogP contribution >= 0.6 is 0 Å². The Bertz CT molecular complexity index is 984. The normalized spacial score (nSPS) is 10.2. The molecule has 0 heterocycles. The summed E-state index contributed by atoms with van der Waals surface area (Å²) in [5.74, 6) is -6.17. The van der Waals surface area contributed by atoms with E-state index in [0.717, 1.165) is 6.07 Å². The predicted molar refractivity (Wildman–Crippen MR) is 102 cm³/mol. The maximum Gasteiger partial charge on any atom is 0.310 e. The summed E-state index contributed by atoms with van der Waals surface area (Å²) in [6.45, 7) is -1.27. The lowest BCUT2D eigenvalue weighted by atomic mass is 10.1. The SMILES string of the molecule is COc1ccc(CC(=O)OCC(=O)NCC(=O)Nc2ccc(F)c(F)c2F)c(OC)c1. The second-order valence-corrected chi connectivity index (χ2v) is 6.06. The molecule has 0 spiro atoms. The molecule has 0 saturated heterocycles. The molecule has 0 unspecified atom stereocenters. The quantitative estimate of drug-likeness (QED) is 0.457. The van der Waals surface area contributed by atoms with Crippen molar-refractivity contribution in [2.75, 3.05) is 32.7 Å². The van der Waals surface area contributed by atoms with Crippen molar-refractivity contribution in [1.82, 2.24) is 5.32 Å². The van der Waals surface area contributed by atoms with Gasteiger partial charge in [-0.2, -0.15) is 0 Å². The van der Waals surface area contributed by atoms with Crippen LogP contribution in [0.4, 0.5) is 18.9 Å². The lowest BCUT2D eigenvalue weighted by Gasteiger charge is -2.11. The molecule has 2 aromatic carbocycles. The van der Waals surface area contributed by atoms with Crippen molar-refractivity contribution >= 4 is 23.5 Å². The molecule has 31 heavy (non-hydrogen) atoms. The van der Waals surface area contributed by atoms with Crippen LogP contribution < -0.4 is 20.1 Å². The maximum absolute atomic E-state index is 13.5. The van der Waals surface area contributed by atoms with E-state index in [1.807, 2.05) is 5.32 Å². The van der Waals surface area contributed by atoms with Gasteiger partial charge in [-0.1, -0.05) is 6.07 Å². The molecule has 11 heteroatoms. The van der Waals surface area contributed by atoms with E-state index in [9.17, 15) is 27.6 Å². The summed E-state index contributed by atoms with van der Waals surface area (Å²) in [4.78, 5) is 35.4. The number of ether oxygens (including phenoxy) is 3. The van der Waals surface area contributed by atoms with Crippen LogP contribution in [0.2, 0.25) is 0 Å².